The molecule has 0 bridgehead atoms. The van der Waals surface area contributed by atoms with Crippen LogP contribution in [0.25, 0.3) is 0 Å². The van der Waals surface area contributed by atoms with Crippen LogP contribution in [0.2, 0.25) is 0 Å². The number of nitrogens with one attached hydrogen (secondary N) is 1. The highest BCUT2D eigenvalue weighted by Gasteiger charge is 2.27. The minimum absolute atomic E-state index is 0.111. The number of carboxylic acids is 1. The molecule has 2 aromatic carbocycles. The monoisotopic (exact) mass is 452 g/mol. The number of ether oxygens (including phenoxy) is 1. The Kier molecular flexibility index (Phi) is 6.53. The Balaban J connectivity index is 1.51. The fourth-order valence-electron chi connectivity index (χ4n) is 3.95. The Labute approximate surface area is 187 Å². The van der Waals surface area contributed by atoms with Crippen LogP contribution in [0.5, 0.6) is 5.75 Å². The first-order chi connectivity index (χ1) is 15.4. The number of nitrogens with zero attached hydrogens (tertiary/aromatic N) is 1. The molecule has 32 heavy (non-hydrogen) atoms. The van der Waals surface area contributed by atoms with Crippen LogP contribution in [0, 0.1) is 0 Å². The molecular weight excluding hydrogens is 428 g/mol. The fourth-order valence-corrected chi connectivity index (χ4v) is 5.14. The molecule has 1 aliphatic rings. The Morgan fingerprint density at radius 1 is 1.09 bits per heavy atom. The summed E-state index contributed by atoms with van der Waals surface area (Å²) in [4.78, 5) is 15.3. The molecule has 1 aliphatic carbocycles. The largest absolute Gasteiger partial charge is 0.482 e. The molecule has 7 nitrogen and oxygen atoms in total. The van der Waals surface area contributed by atoms with Crippen LogP contribution in [0.3, 0.4) is 0 Å². The van der Waals surface area contributed by atoms with Gasteiger partial charge in [-0.25, -0.2) is 17.9 Å². The van der Waals surface area contributed by atoms with Gasteiger partial charge in [-0.1, -0.05) is 42.5 Å². The van der Waals surface area contributed by atoms with Crippen LogP contribution >= 0.6 is 0 Å². The third-order valence-corrected chi connectivity index (χ3v) is 6.91. The van der Waals surface area contributed by atoms with Gasteiger partial charge in [-0.05, 0) is 54.2 Å². The summed E-state index contributed by atoms with van der Waals surface area (Å²) in [6.07, 6.45) is 4.13. The Bertz CT molecular complexity index is 1190. The maximum atomic E-state index is 13.0. The van der Waals surface area contributed by atoms with E-state index in [9.17, 15) is 13.2 Å². The molecule has 0 amide bonds. The molecule has 166 valence electrons. The van der Waals surface area contributed by atoms with E-state index >= 15 is 0 Å². The van der Waals surface area contributed by atoms with Gasteiger partial charge in [0, 0.05) is 24.4 Å². The number of pyridine rings is 1. The zero-order valence-corrected chi connectivity index (χ0v) is 18.2. The summed E-state index contributed by atoms with van der Waals surface area (Å²) in [6, 6.07) is 18.1. The van der Waals surface area contributed by atoms with Crippen LogP contribution in [0.4, 0.5) is 0 Å². The van der Waals surface area contributed by atoms with Crippen molar-refractivity contribution in [1.82, 2.24) is 9.71 Å². The molecule has 2 N–H and O–H groups in total. The number of carboxylic acid groups (broad SMARTS) is 1. The molecule has 3 aromatic rings. The van der Waals surface area contributed by atoms with Gasteiger partial charge in [0.25, 0.3) is 0 Å². The average Bonchev–Trinajstić information content (AvgIpc) is 2.79. The van der Waals surface area contributed by atoms with E-state index in [2.05, 4.69) is 9.71 Å². The topological polar surface area (TPSA) is 106 Å². The molecule has 0 saturated heterocycles. The van der Waals surface area contributed by atoms with Crippen molar-refractivity contribution in [2.45, 2.75) is 36.6 Å². The van der Waals surface area contributed by atoms with Crippen LogP contribution < -0.4 is 9.46 Å². The highest BCUT2D eigenvalue weighted by atomic mass is 32.2. The fraction of sp³-hybridized carbons (Fsp3) is 0.250. The summed E-state index contributed by atoms with van der Waals surface area (Å²) >= 11 is 0. The van der Waals surface area contributed by atoms with Gasteiger partial charge in [-0.15, -0.1) is 0 Å². The SMILES string of the molecule is O=C(O)COc1cccc2c1CCCC2NS(=O)(=O)c1ccc(Cc2ccccc2)nc1. The number of aromatic nitrogens is 1. The lowest BCUT2D eigenvalue weighted by Crippen LogP contribution is -2.31. The van der Waals surface area contributed by atoms with Gasteiger partial charge in [0.1, 0.15) is 10.6 Å². The first kappa shape index (κ1) is 22.0. The second-order valence-electron chi connectivity index (χ2n) is 7.72. The molecule has 0 fully saturated rings. The zero-order chi connectivity index (χ0) is 22.6. The highest BCUT2D eigenvalue weighted by Crippen LogP contribution is 2.36. The quantitative estimate of drug-likeness (QED) is 0.542. The van der Waals surface area contributed by atoms with E-state index in [0.717, 1.165) is 28.8 Å². The number of hydrogen-bond acceptors (Lipinski definition) is 5. The van der Waals surface area contributed by atoms with E-state index in [-0.39, 0.29) is 4.90 Å². The molecule has 0 spiro atoms. The van der Waals surface area contributed by atoms with Crippen molar-refractivity contribution in [3.05, 3.63) is 89.2 Å². The molecule has 0 radical (unpaired) electrons. The summed E-state index contributed by atoms with van der Waals surface area (Å²) < 4.78 is 34.2. The van der Waals surface area contributed by atoms with Crippen LogP contribution in [0.15, 0.2) is 71.8 Å². The first-order valence-electron chi connectivity index (χ1n) is 10.4. The predicted octanol–water partition coefficient (Wildman–Crippen LogP) is 3.49. The van der Waals surface area contributed by atoms with E-state index in [0.29, 0.717) is 25.0 Å². The van der Waals surface area contributed by atoms with E-state index in [1.54, 1.807) is 24.3 Å². The van der Waals surface area contributed by atoms with Gasteiger partial charge in [0.05, 0.1) is 0 Å². The van der Waals surface area contributed by atoms with Gasteiger partial charge < -0.3 is 9.84 Å². The van der Waals surface area contributed by atoms with Gasteiger partial charge in [-0.2, -0.15) is 0 Å². The van der Waals surface area contributed by atoms with Gasteiger partial charge in [-0.3, -0.25) is 4.98 Å². The molecule has 1 atom stereocenters. The van der Waals surface area contributed by atoms with Crippen LogP contribution in [-0.4, -0.2) is 31.1 Å². The summed E-state index contributed by atoms with van der Waals surface area (Å²) in [6.45, 7) is -0.437. The lowest BCUT2D eigenvalue weighted by Gasteiger charge is -2.27. The van der Waals surface area contributed by atoms with E-state index in [4.69, 9.17) is 9.84 Å². The first-order valence-corrected chi connectivity index (χ1v) is 11.9. The van der Waals surface area contributed by atoms with E-state index < -0.39 is 28.6 Å². The maximum Gasteiger partial charge on any atom is 0.341 e. The Morgan fingerprint density at radius 2 is 1.91 bits per heavy atom. The summed E-state index contributed by atoms with van der Waals surface area (Å²) in [5.41, 5.74) is 3.56. The molecule has 0 saturated carbocycles. The number of rotatable bonds is 8. The van der Waals surface area contributed by atoms with Crippen LogP contribution in [-0.2, 0) is 27.7 Å². The maximum absolute atomic E-state index is 13.0. The second-order valence-corrected chi connectivity index (χ2v) is 9.43. The number of benzene rings is 2. The third kappa shape index (κ3) is 5.15. The Morgan fingerprint density at radius 3 is 2.62 bits per heavy atom. The van der Waals surface area contributed by atoms with Crippen molar-refractivity contribution in [2.75, 3.05) is 6.61 Å². The average molecular weight is 453 g/mol. The summed E-state index contributed by atoms with van der Waals surface area (Å²) in [5, 5.41) is 8.89. The Hall–Kier alpha value is -3.23. The van der Waals surface area contributed by atoms with Crippen molar-refractivity contribution >= 4 is 16.0 Å². The smallest absolute Gasteiger partial charge is 0.341 e. The van der Waals surface area contributed by atoms with Crippen molar-refractivity contribution in [2.24, 2.45) is 0 Å². The standard InChI is InChI=1S/C24H24N2O5S/c27-24(28)16-31-23-11-5-8-20-21(23)9-4-10-22(20)26-32(29,30)19-13-12-18(25-15-19)14-17-6-2-1-3-7-17/h1-3,5-8,11-13,15,22,26H,4,9-10,14,16H2,(H,27,28). The minimum atomic E-state index is -3.78. The number of carbonyl (C=O) groups is 1. The van der Waals surface area contributed by atoms with E-state index in [1.807, 2.05) is 36.4 Å². The summed E-state index contributed by atoms with van der Waals surface area (Å²) in [5.74, 6) is -0.570. The normalized spacial score (nSPS) is 15.7. The molecule has 8 heteroatoms. The van der Waals surface area contributed by atoms with Gasteiger partial charge in [0.15, 0.2) is 6.61 Å². The zero-order valence-electron chi connectivity index (χ0n) is 17.4. The number of aliphatic carboxylic acids is 1. The highest BCUT2D eigenvalue weighted by molar-refractivity contribution is 7.89. The van der Waals surface area contributed by atoms with E-state index in [1.165, 1.54) is 6.20 Å². The predicted molar refractivity (Wildman–Crippen MR) is 119 cm³/mol. The van der Waals surface area contributed by atoms with Gasteiger partial charge in [0.2, 0.25) is 10.0 Å². The van der Waals surface area contributed by atoms with Crippen molar-refractivity contribution in [1.29, 1.82) is 0 Å². The van der Waals surface area contributed by atoms with Crippen LogP contribution in [0.1, 0.15) is 41.3 Å². The number of hydrogen-bond donors (Lipinski definition) is 2. The minimum Gasteiger partial charge on any atom is -0.482 e. The molecule has 1 aromatic heterocycles. The number of fused-ring (bicyclic) bond motifs is 1. The lowest BCUT2D eigenvalue weighted by atomic mass is 9.87. The molecule has 4 rings (SSSR count). The summed E-state index contributed by atoms with van der Waals surface area (Å²) in [7, 11) is -3.78. The second kappa shape index (κ2) is 9.50. The molecule has 0 aliphatic heterocycles. The van der Waals surface area contributed by atoms with Crippen molar-refractivity contribution in [3.63, 3.8) is 0 Å². The molecular formula is C24H24N2O5S. The lowest BCUT2D eigenvalue weighted by molar-refractivity contribution is -0.139. The van der Waals surface area contributed by atoms with Crippen molar-refractivity contribution in [3.8, 4) is 5.75 Å². The van der Waals surface area contributed by atoms with Gasteiger partial charge >= 0.3 is 5.97 Å². The molecule has 1 heterocycles. The number of sulfonamides is 1. The van der Waals surface area contributed by atoms with Crippen molar-refractivity contribution < 1.29 is 23.1 Å². The molecule has 1 unspecified atom stereocenters. The third-order valence-electron chi connectivity index (χ3n) is 5.45.